The molecule has 2 aliphatic heterocycles. The maximum absolute atomic E-state index is 12.5. The van der Waals surface area contributed by atoms with Crippen LogP contribution in [0.2, 0.25) is 0 Å². The van der Waals surface area contributed by atoms with Crippen LogP contribution < -0.4 is 15.1 Å². The average Bonchev–Trinajstić information content (AvgIpc) is 3.07. The summed E-state index contributed by atoms with van der Waals surface area (Å²) in [7, 11) is -2.73. The van der Waals surface area contributed by atoms with E-state index in [-0.39, 0.29) is 4.90 Å². The summed E-state index contributed by atoms with van der Waals surface area (Å²) in [6.45, 7) is 11.1. The lowest BCUT2D eigenvalue weighted by atomic mass is 9.79. The largest absolute Gasteiger partial charge is 0.494 e. The van der Waals surface area contributed by atoms with E-state index in [0.29, 0.717) is 6.04 Å². The molecule has 0 saturated carbocycles. The molecule has 1 aromatic rings. The molecule has 0 aromatic heterocycles. The molecule has 2 aliphatic rings. The Kier molecular flexibility index (Phi) is 4.93. The SMILES string of the molecule is CNS(=O)(=O)c1cc(B2OC(C)(C)C(C)(C)O2)cc(N2CCC[C@H]2C)c1. The lowest BCUT2D eigenvalue weighted by molar-refractivity contribution is 0.00578. The zero-order valence-electron chi connectivity index (χ0n) is 16.5. The van der Waals surface area contributed by atoms with Crippen molar-refractivity contribution in [1.29, 1.82) is 0 Å². The van der Waals surface area contributed by atoms with Gasteiger partial charge >= 0.3 is 7.12 Å². The highest BCUT2D eigenvalue weighted by molar-refractivity contribution is 7.89. The molecule has 2 saturated heterocycles. The van der Waals surface area contributed by atoms with Gasteiger partial charge in [-0.05, 0) is 78.2 Å². The molecular formula is C18H29BN2O4S. The van der Waals surface area contributed by atoms with Gasteiger partial charge in [0, 0.05) is 18.3 Å². The second-order valence-corrected chi connectivity index (χ2v) is 10.1. The van der Waals surface area contributed by atoms with Crippen molar-refractivity contribution in [3.05, 3.63) is 18.2 Å². The fourth-order valence-corrected chi connectivity index (χ4v) is 4.28. The van der Waals surface area contributed by atoms with Gasteiger partial charge in [-0.3, -0.25) is 0 Å². The Morgan fingerprint density at radius 3 is 2.27 bits per heavy atom. The smallest absolute Gasteiger partial charge is 0.399 e. The van der Waals surface area contributed by atoms with Crippen LogP contribution >= 0.6 is 0 Å². The molecule has 26 heavy (non-hydrogen) atoms. The first-order valence-electron chi connectivity index (χ1n) is 9.18. The van der Waals surface area contributed by atoms with Crippen molar-refractivity contribution >= 4 is 28.3 Å². The van der Waals surface area contributed by atoms with Gasteiger partial charge in [0.15, 0.2) is 0 Å². The lowest BCUT2D eigenvalue weighted by Gasteiger charge is -2.32. The number of nitrogens with one attached hydrogen (secondary N) is 1. The predicted octanol–water partition coefficient (Wildman–Crippen LogP) is 1.88. The highest BCUT2D eigenvalue weighted by Crippen LogP contribution is 2.37. The van der Waals surface area contributed by atoms with E-state index in [0.717, 1.165) is 30.5 Å². The maximum Gasteiger partial charge on any atom is 0.494 e. The van der Waals surface area contributed by atoms with Crippen LogP contribution in [0, 0.1) is 0 Å². The second kappa shape index (κ2) is 6.51. The summed E-state index contributed by atoms with van der Waals surface area (Å²) in [4.78, 5) is 2.49. The van der Waals surface area contributed by atoms with Crippen LogP contribution in [0.1, 0.15) is 47.5 Å². The number of nitrogens with zero attached hydrogens (tertiary/aromatic N) is 1. The quantitative estimate of drug-likeness (QED) is 0.808. The zero-order valence-corrected chi connectivity index (χ0v) is 17.3. The molecule has 6 nitrogen and oxygen atoms in total. The van der Waals surface area contributed by atoms with Gasteiger partial charge in [0.1, 0.15) is 0 Å². The first kappa shape index (κ1) is 19.7. The Morgan fingerprint density at radius 1 is 1.15 bits per heavy atom. The number of benzene rings is 1. The van der Waals surface area contributed by atoms with Crippen molar-refractivity contribution in [2.45, 2.75) is 69.6 Å². The van der Waals surface area contributed by atoms with Crippen LogP contribution in [0.4, 0.5) is 5.69 Å². The van der Waals surface area contributed by atoms with E-state index in [9.17, 15) is 8.42 Å². The van der Waals surface area contributed by atoms with E-state index in [2.05, 4.69) is 16.5 Å². The number of hydrogen-bond acceptors (Lipinski definition) is 5. The normalized spacial score (nSPS) is 25.1. The average molecular weight is 380 g/mol. The third-order valence-corrected chi connectivity index (χ3v) is 7.30. The Morgan fingerprint density at radius 2 is 1.77 bits per heavy atom. The van der Waals surface area contributed by atoms with Crippen LogP contribution in [0.3, 0.4) is 0 Å². The van der Waals surface area contributed by atoms with Crippen molar-refractivity contribution in [3.63, 3.8) is 0 Å². The van der Waals surface area contributed by atoms with Crippen molar-refractivity contribution in [3.8, 4) is 0 Å². The summed E-state index contributed by atoms with van der Waals surface area (Å²) in [5.74, 6) is 0. The fourth-order valence-electron chi connectivity index (χ4n) is 3.48. The van der Waals surface area contributed by atoms with Crippen LogP contribution in [0.25, 0.3) is 0 Å². The summed E-state index contributed by atoms with van der Waals surface area (Å²) in [5.41, 5.74) is 0.679. The predicted molar refractivity (Wildman–Crippen MR) is 104 cm³/mol. The molecular weight excluding hydrogens is 351 g/mol. The molecule has 2 heterocycles. The summed E-state index contributed by atoms with van der Waals surface area (Å²) in [6, 6.07) is 5.77. The molecule has 2 fully saturated rings. The Hall–Kier alpha value is -1.09. The van der Waals surface area contributed by atoms with Gasteiger partial charge in [-0.15, -0.1) is 0 Å². The van der Waals surface area contributed by atoms with Gasteiger partial charge in [-0.1, -0.05) is 0 Å². The number of sulfonamides is 1. The molecule has 1 N–H and O–H groups in total. The molecule has 1 atom stereocenters. The number of rotatable bonds is 4. The van der Waals surface area contributed by atoms with Crippen molar-refractivity contribution < 1.29 is 17.7 Å². The molecule has 0 spiro atoms. The van der Waals surface area contributed by atoms with Gasteiger partial charge in [-0.25, -0.2) is 13.1 Å². The molecule has 1 aromatic carbocycles. The van der Waals surface area contributed by atoms with Gasteiger partial charge in [0.05, 0.1) is 16.1 Å². The van der Waals surface area contributed by atoms with Gasteiger partial charge in [0.25, 0.3) is 0 Å². The van der Waals surface area contributed by atoms with E-state index >= 15 is 0 Å². The van der Waals surface area contributed by atoms with Gasteiger partial charge in [-0.2, -0.15) is 0 Å². The van der Waals surface area contributed by atoms with Crippen LogP contribution in [0.15, 0.2) is 23.1 Å². The fraction of sp³-hybridized carbons (Fsp3) is 0.667. The highest BCUT2D eigenvalue weighted by atomic mass is 32.2. The Labute approximate surface area is 157 Å². The summed E-state index contributed by atoms with van der Waals surface area (Å²) >= 11 is 0. The standard InChI is InChI=1S/C18H29BN2O4S/c1-13-8-7-9-21(13)15-10-14(11-16(12-15)26(22,23)20-6)19-24-17(2,3)18(4,5)25-19/h10-13,20H,7-9H2,1-6H3/t13-/m1/s1. The molecule has 144 valence electrons. The third kappa shape index (κ3) is 3.40. The van der Waals surface area contributed by atoms with E-state index < -0.39 is 28.3 Å². The van der Waals surface area contributed by atoms with Gasteiger partial charge in [0.2, 0.25) is 10.0 Å². The lowest BCUT2D eigenvalue weighted by Crippen LogP contribution is -2.41. The molecule has 3 rings (SSSR count). The molecule has 8 heteroatoms. The number of anilines is 1. The third-order valence-electron chi connectivity index (χ3n) is 5.90. The van der Waals surface area contributed by atoms with Crippen molar-refractivity contribution in [2.75, 3.05) is 18.5 Å². The molecule has 0 aliphatic carbocycles. The Bertz CT molecular complexity index is 778. The monoisotopic (exact) mass is 380 g/mol. The molecule has 0 unspecified atom stereocenters. The number of hydrogen-bond donors (Lipinski definition) is 1. The van der Waals surface area contributed by atoms with Crippen LogP contribution in [-0.4, -0.2) is 46.4 Å². The minimum atomic E-state index is -3.57. The summed E-state index contributed by atoms with van der Waals surface area (Å²) in [5, 5.41) is 0. The summed E-state index contributed by atoms with van der Waals surface area (Å²) < 4.78 is 39.6. The second-order valence-electron chi connectivity index (χ2n) is 8.24. The summed E-state index contributed by atoms with van der Waals surface area (Å²) in [6.07, 6.45) is 2.21. The molecule has 0 amide bonds. The first-order chi connectivity index (χ1) is 12.0. The van der Waals surface area contributed by atoms with E-state index in [1.165, 1.54) is 7.05 Å². The van der Waals surface area contributed by atoms with Crippen LogP contribution in [0.5, 0.6) is 0 Å². The van der Waals surface area contributed by atoms with Crippen LogP contribution in [-0.2, 0) is 19.3 Å². The van der Waals surface area contributed by atoms with E-state index in [1.807, 2.05) is 33.8 Å². The maximum atomic E-state index is 12.5. The minimum Gasteiger partial charge on any atom is -0.399 e. The zero-order chi connectivity index (χ0) is 19.3. The van der Waals surface area contributed by atoms with E-state index in [1.54, 1.807) is 12.1 Å². The Balaban J connectivity index is 2.06. The first-order valence-corrected chi connectivity index (χ1v) is 10.7. The van der Waals surface area contributed by atoms with Crippen molar-refractivity contribution in [1.82, 2.24) is 4.72 Å². The molecule has 0 bridgehead atoms. The minimum absolute atomic E-state index is 0.237. The van der Waals surface area contributed by atoms with Crippen molar-refractivity contribution in [2.24, 2.45) is 0 Å². The molecule has 0 radical (unpaired) electrons. The van der Waals surface area contributed by atoms with Gasteiger partial charge < -0.3 is 14.2 Å². The topological polar surface area (TPSA) is 67.9 Å². The van der Waals surface area contributed by atoms with E-state index in [4.69, 9.17) is 9.31 Å². The highest BCUT2D eigenvalue weighted by Gasteiger charge is 2.52.